The highest BCUT2D eigenvalue weighted by Crippen LogP contribution is 2.34. The van der Waals surface area contributed by atoms with Crippen LogP contribution in [0.2, 0.25) is 5.02 Å². The number of halogens is 1. The molecule has 0 saturated heterocycles. The van der Waals surface area contributed by atoms with Crippen LogP contribution in [0.1, 0.15) is 11.1 Å². The number of benzene rings is 2. The Morgan fingerprint density at radius 3 is 2.58 bits per heavy atom. The van der Waals surface area contributed by atoms with E-state index < -0.39 is 0 Å². The average Bonchev–Trinajstić information content (AvgIpc) is 2.58. The van der Waals surface area contributed by atoms with E-state index in [1.54, 1.807) is 25.3 Å². The number of nitrogens with one attached hydrogen (secondary N) is 1. The van der Waals surface area contributed by atoms with Crippen LogP contribution in [-0.2, 0) is 11.2 Å². The van der Waals surface area contributed by atoms with Gasteiger partial charge in [-0.25, -0.2) is 5.43 Å². The fraction of sp³-hybridized carbons (Fsp3) is 0.176. The van der Waals surface area contributed by atoms with Crippen LogP contribution in [0.4, 0.5) is 0 Å². The highest BCUT2D eigenvalue weighted by atomic mass is 35.5. The molecule has 0 aliphatic rings. The number of hydrogen-bond acceptors (Lipinski definition) is 5. The van der Waals surface area contributed by atoms with Crippen LogP contribution < -0.4 is 14.9 Å². The summed E-state index contributed by atoms with van der Waals surface area (Å²) in [6, 6.07) is 10.3. The van der Waals surface area contributed by atoms with Crippen LogP contribution in [0.5, 0.6) is 17.2 Å². The molecule has 0 heterocycles. The maximum atomic E-state index is 11.9. The highest BCUT2D eigenvalue weighted by Gasteiger charge is 2.08. The maximum absolute atomic E-state index is 11.9. The number of aromatic hydroxyl groups is 1. The van der Waals surface area contributed by atoms with E-state index in [-0.39, 0.29) is 28.8 Å². The molecule has 1 amide bonds. The van der Waals surface area contributed by atoms with E-state index in [9.17, 15) is 9.90 Å². The molecule has 0 spiro atoms. The minimum Gasteiger partial charge on any atom is -0.503 e. The quantitative estimate of drug-likeness (QED) is 0.621. The number of phenolic OH excluding ortho intramolecular Hbond substituents is 1. The Morgan fingerprint density at radius 1 is 1.25 bits per heavy atom. The summed E-state index contributed by atoms with van der Waals surface area (Å²) < 4.78 is 10.1. The molecule has 2 rings (SSSR count). The van der Waals surface area contributed by atoms with Crippen LogP contribution in [0.15, 0.2) is 41.5 Å². The monoisotopic (exact) mass is 348 g/mol. The number of amides is 1. The lowest BCUT2D eigenvalue weighted by molar-refractivity contribution is -0.120. The van der Waals surface area contributed by atoms with Crippen LogP contribution >= 0.6 is 11.6 Å². The molecule has 0 atom stereocenters. The molecule has 0 aliphatic heterocycles. The van der Waals surface area contributed by atoms with E-state index in [1.807, 2.05) is 12.1 Å². The van der Waals surface area contributed by atoms with E-state index in [1.165, 1.54) is 19.4 Å². The summed E-state index contributed by atoms with van der Waals surface area (Å²) >= 11 is 5.88. The van der Waals surface area contributed by atoms with Crippen LogP contribution in [0.3, 0.4) is 0 Å². The van der Waals surface area contributed by atoms with Gasteiger partial charge in [0, 0.05) is 0 Å². The Balaban J connectivity index is 1.95. The van der Waals surface area contributed by atoms with Crippen LogP contribution in [0.25, 0.3) is 0 Å². The van der Waals surface area contributed by atoms with Crippen molar-refractivity contribution in [3.63, 3.8) is 0 Å². The molecule has 7 heteroatoms. The number of hydrogen-bond donors (Lipinski definition) is 2. The summed E-state index contributed by atoms with van der Waals surface area (Å²) in [5, 5.41) is 13.7. The lowest BCUT2D eigenvalue weighted by atomic mass is 10.1. The first-order valence-electron chi connectivity index (χ1n) is 7.05. The normalized spacial score (nSPS) is 10.6. The number of carbonyl (C=O) groups is 1. The minimum absolute atomic E-state index is 0.139. The zero-order valence-electron chi connectivity index (χ0n) is 13.2. The smallest absolute Gasteiger partial charge is 0.244 e. The Labute approximate surface area is 144 Å². The first-order valence-corrected chi connectivity index (χ1v) is 7.42. The lowest BCUT2D eigenvalue weighted by Crippen LogP contribution is -2.19. The van der Waals surface area contributed by atoms with Gasteiger partial charge in [-0.05, 0) is 35.4 Å². The van der Waals surface area contributed by atoms with Gasteiger partial charge in [-0.1, -0.05) is 23.7 Å². The number of nitrogens with zero attached hydrogens (tertiary/aromatic N) is 1. The Hall–Kier alpha value is -2.73. The van der Waals surface area contributed by atoms with Crippen molar-refractivity contribution in [1.82, 2.24) is 5.43 Å². The number of hydrazone groups is 1. The third-order valence-electron chi connectivity index (χ3n) is 3.20. The van der Waals surface area contributed by atoms with Crippen LogP contribution in [0, 0.1) is 0 Å². The van der Waals surface area contributed by atoms with E-state index in [0.717, 1.165) is 11.3 Å². The molecule has 6 nitrogen and oxygen atoms in total. The van der Waals surface area contributed by atoms with Crippen molar-refractivity contribution < 1.29 is 19.4 Å². The summed E-state index contributed by atoms with van der Waals surface area (Å²) in [6.45, 7) is 0. The van der Waals surface area contributed by atoms with Gasteiger partial charge in [0.1, 0.15) is 5.75 Å². The number of phenols is 1. The second-order valence-electron chi connectivity index (χ2n) is 4.87. The molecule has 2 aromatic rings. The molecule has 0 saturated carbocycles. The Kier molecular flexibility index (Phi) is 6.03. The Morgan fingerprint density at radius 2 is 1.96 bits per heavy atom. The van der Waals surface area contributed by atoms with Crippen LogP contribution in [-0.4, -0.2) is 31.4 Å². The van der Waals surface area contributed by atoms with Crippen molar-refractivity contribution in [2.24, 2.45) is 5.10 Å². The largest absolute Gasteiger partial charge is 0.503 e. The van der Waals surface area contributed by atoms with Gasteiger partial charge in [-0.2, -0.15) is 5.10 Å². The third kappa shape index (κ3) is 4.63. The summed E-state index contributed by atoms with van der Waals surface area (Å²) in [4.78, 5) is 11.9. The molecular weight excluding hydrogens is 332 g/mol. The van der Waals surface area contributed by atoms with E-state index in [0.29, 0.717) is 5.56 Å². The molecule has 2 N–H and O–H groups in total. The Bertz CT molecular complexity index is 745. The fourth-order valence-corrected chi connectivity index (χ4v) is 2.19. The SMILES string of the molecule is COc1ccc(CC(=O)N/N=C\c2cc(Cl)c(O)c(OC)c2)cc1. The van der Waals surface area contributed by atoms with Crippen molar-refractivity contribution in [1.29, 1.82) is 0 Å². The third-order valence-corrected chi connectivity index (χ3v) is 3.49. The first-order chi connectivity index (χ1) is 11.5. The summed E-state index contributed by atoms with van der Waals surface area (Å²) in [7, 11) is 3.00. The van der Waals surface area contributed by atoms with Crippen molar-refractivity contribution in [2.45, 2.75) is 6.42 Å². The molecule has 126 valence electrons. The van der Waals surface area contributed by atoms with Gasteiger partial charge in [0.2, 0.25) is 5.91 Å². The summed E-state index contributed by atoms with van der Waals surface area (Å²) in [6.07, 6.45) is 1.61. The van der Waals surface area contributed by atoms with Gasteiger partial charge in [0.25, 0.3) is 0 Å². The predicted molar refractivity (Wildman–Crippen MR) is 92.1 cm³/mol. The summed E-state index contributed by atoms with van der Waals surface area (Å²) in [5.74, 6) is 0.567. The molecule has 0 unspecified atom stereocenters. The van der Waals surface area contributed by atoms with Gasteiger partial charge >= 0.3 is 0 Å². The highest BCUT2D eigenvalue weighted by molar-refractivity contribution is 6.32. The predicted octanol–water partition coefficient (Wildman–Crippen LogP) is 2.76. The first kappa shape index (κ1) is 17.6. The van der Waals surface area contributed by atoms with Gasteiger partial charge < -0.3 is 14.6 Å². The zero-order chi connectivity index (χ0) is 17.5. The standard InChI is InChI=1S/C17H17ClN2O4/c1-23-13-5-3-11(4-6-13)9-16(21)20-19-10-12-7-14(18)17(22)15(8-12)24-2/h3-8,10,22H,9H2,1-2H3,(H,20,21)/b19-10-. The number of methoxy groups -OCH3 is 2. The maximum Gasteiger partial charge on any atom is 0.244 e. The molecule has 2 aromatic carbocycles. The second kappa shape index (κ2) is 8.21. The fourth-order valence-electron chi connectivity index (χ4n) is 1.97. The zero-order valence-corrected chi connectivity index (χ0v) is 14.0. The van der Waals surface area contributed by atoms with Crippen molar-refractivity contribution in [3.05, 3.63) is 52.5 Å². The van der Waals surface area contributed by atoms with E-state index >= 15 is 0 Å². The number of ether oxygens (including phenoxy) is 2. The van der Waals surface area contributed by atoms with Crippen molar-refractivity contribution in [3.8, 4) is 17.2 Å². The minimum atomic E-state index is -0.256. The topological polar surface area (TPSA) is 80.2 Å². The van der Waals surface area contributed by atoms with E-state index in [4.69, 9.17) is 21.1 Å². The molecule has 0 radical (unpaired) electrons. The molecule has 0 aliphatic carbocycles. The van der Waals surface area contributed by atoms with Gasteiger partial charge in [-0.3, -0.25) is 4.79 Å². The van der Waals surface area contributed by atoms with Gasteiger partial charge in [-0.15, -0.1) is 0 Å². The summed E-state index contributed by atoms with van der Waals surface area (Å²) in [5.41, 5.74) is 3.86. The van der Waals surface area contributed by atoms with Gasteiger partial charge in [0.15, 0.2) is 11.5 Å². The number of carbonyl (C=O) groups excluding carboxylic acids is 1. The second-order valence-corrected chi connectivity index (χ2v) is 5.28. The lowest BCUT2D eigenvalue weighted by Gasteiger charge is -2.06. The van der Waals surface area contributed by atoms with Crippen molar-refractivity contribution in [2.75, 3.05) is 14.2 Å². The average molecular weight is 349 g/mol. The molecular formula is C17H17ClN2O4. The molecule has 0 aromatic heterocycles. The molecule has 24 heavy (non-hydrogen) atoms. The molecule has 0 bridgehead atoms. The van der Waals surface area contributed by atoms with Crippen molar-refractivity contribution >= 4 is 23.7 Å². The van der Waals surface area contributed by atoms with Gasteiger partial charge in [0.05, 0.1) is 31.9 Å². The number of rotatable bonds is 6. The molecule has 0 fully saturated rings. The van der Waals surface area contributed by atoms with E-state index in [2.05, 4.69) is 10.5 Å².